The number of anilines is 1. The van der Waals surface area contributed by atoms with E-state index in [-0.39, 0.29) is 35.8 Å². The zero-order valence-electron chi connectivity index (χ0n) is 15.0. The lowest BCUT2D eigenvalue weighted by molar-refractivity contribution is 0.143. The molecule has 1 aromatic heterocycles. The molecule has 0 saturated carbocycles. The molecule has 0 aliphatic carbocycles. The van der Waals surface area contributed by atoms with Crippen LogP contribution < -0.4 is 15.5 Å². The van der Waals surface area contributed by atoms with Crippen molar-refractivity contribution in [2.45, 2.75) is 32.2 Å². The number of ether oxygens (including phenoxy) is 1. The Morgan fingerprint density at radius 1 is 1.48 bits per heavy atom. The third-order valence-electron chi connectivity index (χ3n) is 4.00. The van der Waals surface area contributed by atoms with Crippen LogP contribution >= 0.6 is 24.0 Å². The Kier molecular flexibility index (Phi) is 10.7. The third kappa shape index (κ3) is 7.31. The van der Waals surface area contributed by atoms with Gasteiger partial charge < -0.3 is 20.3 Å². The lowest BCUT2D eigenvalue weighted by Gasteiger charge is -2.20. The number of guanidine groups is 1. The first-order valence-corrected chi connectivity index (χ1v) is 8.65. The van der Waals surface area contributed by atoms with Gasteiger partial charge in [0.05, 0.1) is 0 Å². The summed E-state index contributed by atoms with van der Waals surface area (Å²) in [6, 6.07) is 3.30. The number of pyridine rings is 1. The van der Waals surface area contributed by atoms with E-state index >= 15 is 0 Å². The minimum absolute atomic E-state index is 0. The fourth-order valence-corrected chi connectivity index (χ4v) is 2.75. The molecule has 25 heavy (non-hydrogen) atoms. The molecule has 1 aromatic rings. The minimum atomic E-state index is -0.269. The maximum absolute atomic E-state index is 13.8. The molecule has 1 fully saturated rings. The fourth-order valence-electron chi connectivity index (χ4n) is 2.75. The highest BCUT2D eigenvalue weighted by Gasteiger charge is 2.25. The normalized spacial score (nSPS) is 17.3. The number of nitrogens with one attached hydrogen (secondary N) is 2. The van der Waals surface area contributed by atoms with E-state index in [1.807, 2.05) is 11.8 Å². The summed E-state index contributed by atoms with van der Waals surface area (Å²) in [5.41, 5.74) is 0. The molecule has 1 aliphatic heterocycles. The summed E-state index contributed by atoms with van der Waals surface area (Å²) in [4.78, 5) is 10.4. The summed E-state index contributed by atoms with van der Waals surface area (Å²) in [6.07, 6.45) is 4.63. The van der Waals surface area contributed by atoms with Crippen LogP contribution in [0.1, 0.15) is 26.2 Å². The Hall–Kier alpha value is -1.16. The molecule has 1 unspecified atom stereocenters. The van der Waals surface area contributed by atoms with Gasteiger partial charge >= 0.3 is 0 Å². The van der Waals surface area contributed by atoms with Crippen LogP contribution in [0, 0.1) is 5.82 Å². The van der Waals surface area contributed by atoms with Crippen LogP contribution in [0.4, 0.5) is 10.2 Å². The van der Waals surface area contributed by atoms with Gasteiger partial charge in [0.1, 0.15) is 0 Å². The van der Waals surface area contributed by atoms with Crippen LogP contribution in [-0.2, 0) is 4.74 Å². The van der Waals surface area contributed by atoms with Crippen molar-refractivity contribution in [3.63, 3.8) is 0 Å². The van der Waals surface area contributed by atoms with Crippen molar-refractivity contribution in [2.75, 3.05) is 44.8 Å². The molecule has 2 N–H and O–H groups in total. The zero-order chi connectivity index (χ0) is 17.2. The van der Waals surface area contributed by atoms with Gasteiger partial charge in [0.2, 0.25) is 0 Å². The lowest BCUT2D eigenvalue weighted by Crippen LogP contribution is -2.45. The Bertz CT molecular complexity index is 532. The van der Waals surface area contributed by atoms with Gasteiger partial charge in [0.15, 0.2) is 17.6 Å². The van der Waals surface area contributed by atoms with Crippen molar-refractivity contribution in [3.05, 3.63) is 24.1 Å². The van der Waals surface area contributed by atoms with Gasteiger partial charge in [-0.25, -0.2) is 9.37 Å². The number of unbranched alkanes of at least 4 members (excludes halogenated alkanes) is 1. The predicted molar refractivity (Wildman–Crippen MR) is 110 cm³/mol. The number of aliphatic imine (C=N–C) groups is 1. The predicted octanol–water partition coefficient (Wildman–Crippen LogP) is 2.40. The molecule has 142 valence electrons. The number of rotatable bonds is 8. The average Bonchev–Trinajstić information content (AvgIpc) is 3.05. The van der Waals surface area contributed by atoms with Gasteiger partial charge in [-0.1, -0.05) is 0 Å². The first-order chi connectivity index (χ1) is 11.7. The molecule has 0 bridgehead atoms. The summed E-state index contributed by atoms with van der Waals surface area (Å²) in [5, 5.41) is 6.72. The van der Waals surface area contributed by atoms with Crippen molar-refractivity contribution in [1.29, 1.82) is 0 Å². The molecular formula is C17H29FIN5O. The van der Waals surface area contributed by atoms with Crippen molar-refractivity contribution in [2.24, 2.45) is 4.99 Å². The standard InChI is InChI=1S/C17H28FN5O.HI/c1-3-24-12-5-4-9-21-17(19-2)22-14-8-11-23(13-14)16-15(18)7-6-10-20-16;/h6-7,10,14H,3-5,8-9,11-13H2,1-2H3,(H2,19,21,22);1H. The molecule has 1 aliphatic rings. The molecule has 0 aromatic carbocycles. The second kappa shape index (κ2) is 12.2. The first-order valence-electron chi connectivity index (χ1n) is 8.65. The second-order valence-corrected chi connectivity index (χ2v) is 5.79. The van der Waals surface area contributed by atoms with E-state index in [2.05, 4.69) is 20.6 Å². The van der Waals surface area contributed by atoms with Crippen LogP contribution in [-0.4, -0.2) is 56.9 Å². The smallest absolute Gasteiger partial charge is 0.191 e. The monoisotopic (exact) mass is 465 g/mol. The summed E-state index contributed by atoms with van der Waals surface area (Å²) < 4.78 is 19.1. The van der Waals surface area contributed by atoms with Crippen molar-refractivity contribution < 1.29 is 9.13 Å². The maximum Gasteiger partial charge on any atom is 0.191 e. The number of halogens is 2. The molecule has 0 amide bonds. The number of hydrogen-bond acceptors (Lipinski definition) is 4. The molecule has 2 heterocycles. The lowest BCUT2D eigenvalue weighted by atomic mass is 10.3. The summed E-state index contributed by atoms with van der Waals surface area (Å²) >= 11 is 0. The van der Waals surface area contributed by atoms with Crippen LogP contribution in [0.3, 0.4) is 0 Å². The third-order valence-corrected chi connectivity index (χ3v) is 4.00. The van der Waals surface area contributed by atoms with Crippen LogP contribution in [0.5, 0.6) is 0 Å². The topological polar surface area (TPSA) is 61.8 Å². The molecule has 1 atom stereocenters. The SMILES string of the molecule is CCOCCCCNC(=NC)NC1CCN(c2ncccc2F)C1.I. The van der Waals surface area contributed by atoms with Crippen molar-refractivity contribution in [3.8, 4) is 0 Å². The van der Waals surface area contributed by atoms with Gasteiger partial charge in [-0.05, 0) is 38.3 Å². The molecule has 1 saturated heterocycles. The molecule has 2 rings (SSSR count). The molecular weight excluding hydrogens is 436 g/mol. The first kappa shape index (κ1) is 21.9. The van der Waals surface area contributed by atoms with Gasteiger partial charge in [-0.2, -0.15) is 0 Å². The molecule has 8 heteroatoms. The minimum Gasteiger partial charge on any atom is -0.382 e. The summed E-state index contributed by atoms with van der Waals surface area (Å²) in [6.45, 7) is 5.95. The maximum atomic E-state index is 13.8. The number of nitrogens with zero attached hydrogens (tertiary/aromatic N) is 3. The molecule has 6 nitrogen and oxygen atoms in total. The van der Waals surface area contributed by atoms with Gasteiger partial charge in [0.25, 0.3) is 0 Å². The van der Waals surface area contributed by atoms with Crippen molar-refractivity contribution >= 4 is 35.8 Å². The van der Waals surface area contributed by atoms with Crippen LogP contribution in [0.15, 0.2) is 23.3 Å². The number of aromatic nitrogens is 1. The van der Waals surface area contributed by atoms with Crippen LogP contribution in [0.2, 0.25) is 0 Å². The summed E-state index contributed by atoms with van der Waals surface area (Å²) in [7, 11) is 1.76. The Morgan fingerprint density at radius 3 is 3.04 bits per heavy atom. The molecule has 0 spiro atoms. The zero-order valence-corrected chi connectivity index (χ0v) is 17.3. The van der Waals surface area contributed by atoms with E-state index in [0.29, 0.717) is 5.82 Å². The van der Waals surface area contributed by atoms with Gasteiger partial charge in [0, 0.05) is 52.1 Å². The Morgan fingerprint density at radius 2 is 2.32 bits per heavy atom. The van der Waals surface area contributed by atoms with Crippen LogP contribution in [0.25, 0.3) is 0 Å². The van der Waals surface area contributed by atoms with E-state index in [1.54, 1.807) is 19.3 Å². The van der Waals surface area contributed by atoms with E-state index in [0.717, 1.165) is 58.1 Å². The largest absolute Gasteiger partial charge is 0.382 e. The van der Waals surface area contributed by atoms with E-state index in [9.17, 15) is 4.39 Å². The average molecular weight is 465 g/mol. The Labute approximate surface area is 166 Å². The van der Waals surface area contributed by atoms with E-state index < -0.39 is 0 Å². The fraction of sp³-hybridized carbons (Fsp3) is 0.647. The van der Waals surface area contributed by atoms with Gasteiger partial charge in [-0.15, -0.1) is 24.0 Å². The molecule has 0 radical (unpaired) electrons. The van der Waals surface area contributed by atoms with Gasteiger partial charge in [-0.3, -0.25) is 4.99 Å². The Balaban J connectivity index is 0.00000312. The van der Waals surface area contributed by atoms with Crippen molar-refractivity contribution in [1.82, 2.24) is 15.6 Å². The highest BCUT2D eigenvalue weighted by Crippen LogP contribution is 2.20. The quantitative estimate of drug-likeness (QED) is 0.267. The van der Waals surface area contributed by atoms with E-state index in [4.69, 9.17) is 4.74 Å². The highest BCUT2D eigenvalue weighted by molar-refractivity contribution is 14.0. The second-order valence-electron chi connectivity index (χ2n) is 5.79. The summed E-state index contributed by atoms with van der Waals surface area (Å²) in [5.74, 6) is 0.954. The number of hydrogen-bond donors (Lipinski definition) is 2. The highest BCUT2D eigenvalue weighted by atomic mass is 127. The van der Waals surface area contributed by atoms with E-state index in [1.165, 1.54) is 6.07 Å².